The largest absolute Gasteiger partial charge is 0.360 e. The third-order valence-corrected chi connectivity index (χ3v) is 6.56. The number of amides is 1. The van der Waals surface area contributed by atoms with E-state index in [1.165, 1.54) is 0 Å². The molecule has 3 aromatic carbocycles. The number of hydrogen-bond donors (Lipinski definition) is 0. The van der Waals surface area contributed by atoms with E-state index in [9.17, 15) is 4.79 Å². The number of nitrogens with zero attached hydrogens (tertiary/aromatic N) is 4. The third kappa shape index (κ3) is 4.39. The molecular formula is C26H22Cl2N4O. The summed E-state index contributed by atoms with van der Waals surface area (Å²) in [7, 11) is 0. The summed E-state index contributed by atoms with van der Waals surface area (Å²) in [5.41, 5.74) is 4.97. The second-order valence-corrected chi connectivity index (χ2v) is 9.05. The highest BCUT2D eigenvalue weighted by atomic mass is 35.5. The molecule has 1 saturated heterocycles. The first kappa shape index (κ1) is 21.7. The summed E-state index contributed by atoms with van der Waals surface area (Å²) in [5.74, 6) is -0.123. The molecule has 0 aliphatic carbocycles. The molecule has 0 radical (unpaired) electrons. The van der Waals surface area contributed by atoms with Crippen molar-refractivity contribution in [1.29, 1.82) is 0 Å². The van der Waals surface area contributed by atoms with Gasteiger partial charge in [0.1, 0.15) is 5.69 Å². The van der Waals surface area contributed by atoms with E-state index in [1.807, 2.05) is 72.5 Å². The molecule has 5 nitrogen and oxygen atoms in total. The minimum atomic E-state index is -0.123. The van der Waals surface area contributed by atoms with Crippen molar-refractivity contribution in [2.24, 2.45) is 0 Å². The van der Waals surface area contributed by atoms with E-state index in [4.69, 9.17) is 23.2 Å². The van der Waals surface area contributed by atoms with E-state index in [-0.39, 0.29) is 11.9 Å². The van der Waals surface area contributed by atoms with Gasteiger partial charge in [0.05, 0.1) is 34.0 Å². The molecule has 1 unspecified atom stereocenters. The summed E-state index contributed by atoms with van der Waals surface area (Å²) in [6.07, 6.45) is 1.56. The van der Waals surface area contributed by atoms with Gasteiger partial charge in [0, 0.05) is 24.7 Å². The van der Waals surface area contributed by atoms with Crippen molar-refractivity contribution in [3.05, 3.63) is 99.8 Å². The normalized spacial score (nSPS) is 16.3. The molecule has 1 amide bonds. The molecule has 7 heteroatoms. The number of fused-ring (bicyclic) bond motifs is 1. The second-order valence-electron chi connectivity index (χ2n) is 8.21. The number of hydrogen-bond acceptors (Lipinski definition) is 4. The summed E-state index contributed by atoms with van der Waals surface area (Å²) >= 11 is 12.8. The maximum atomic E-state index is 13.4. The second kappa shape index (κ2) is 9.00. The minimum Gasteiger partial charge on any atom is -0.360 e. The molecule has 4 aromatic rings. The third-order valence-electron chi connectivity index (χ3n) is 6.00. The smallest absolute Gasteiger partial charge is 0.274 e. The van der Waals surface area contributed by atoms with Crippen molar-refractivity contribution in [2.45, 2.75) is 13.0 Å². The van der Waals surface area contributed by atoms with Gasteiger partial charge in [-0.15, -0.1) is 0 Å². The average Bonchev–Trinajstić information content (AvgIpc) is 2.84. The summed E-state index contributed by atoms with van der Waals surface area (Å²) in [6.45, 7) is 3.72. The molecule has 0 N–H and O–H groups in total. The van der Waals surface area contributed by atoms with Gasteiger partial charge in [-0.1, -0.05) is 53.5 Å². The molecule has 5 rings (SSSR count). The Labute approximate surface area is 202 Å². The fourth-order valence-corrected chi connectivity index (χ4v) is 4.76. The number of piperazine rings is 1. The Morgan fingerprint density at radius 2 is 1.73 bits per heavy atom. The van der Waals surface area contributed by atoms with Crippen molar-refractivity contribution >= 4 is 45.8 Å². The predicted molar refractivity (Wildman–Crippen MR) is 133 cm³/mol. The summed E-state index contributed by atoms with van der Waals surface area (Å²) < 4.78 is 0. The maximum Gasteiger partial charge on any atom is 0.274 e. The van der Waals surface area contributed by atoms with Gasteiger partial charge in [-0.05, 0) is 54.4 Å². The van der Waals surface area contributed by atoms with Gasteiger partial charge in [0.25, 0.3) is 5.91 Å². The fraction of sp³-hybridized carbons (Fsp3) is 0.192. The van der Waals surface area contributed by atoms with Crippen molar-refractivity contribution in [2.75, 3.05) is 24.5 Å². The first-order chi connectivity index (χ1) is 16.0. The van der Waals surface area contributed by atoms with Gasteiger partial charge in [0.2, 0.25) is 0 Å². The first-order valence-electron chi connectivity index (χ1n) is 10.8. The maximum absolute atomic E-state index is 13.4. The number of rotatable bonds is 3. The van der Waals surface area contributed by atoms with E-state index < -0.39 is 0 Å². The number of anilines is 1. The average molecular weight is 477 g/mol. The Morgan fingerprint density at radius 3 is 2.48 bits per heavy atom. The zero-order valence-electron chi connectivity index (χ0n) is 18.1. The zero-order chi connectivity index (χ0) is 22.9. The molecule has 1 aliphatic rings. The molecule has 1 atom stereocenters. The van der Waals surface area contributed by atoms with E-state index in [0.29, 0.717) is 40.9 Å². The van der Waals surface area contributed by atoms with Gasteiger partial charge in [0.15, 0.2) is 0 Å². The van der Waals surface area contributed by atoms with Gasteiger partial charge >= 0.3 is 0 Å². The highest BCUT2D eigenvalue weighted by Crippen LogP contribution is 2.36. The molecule has 0 bridgehead atoms. The van der Waals surface area contributed by atoms with Crippen LogP contribution in [0.1, 0.15) is 27.7 Å². The monoisotopic (exact) mass is 476 g/mol. The number of aromatic nitrogens is 2. The van der Waals surface area contributed by atoms with Crippen molar-refractivity contribution < 1.29 is 4.79 Å². The van der Waals surface area contributed by atoms with Crippen LogP contribution >= 0.6 is 23.2 Å². The molecule has 1 aliphatic heterocycles. The van der Waals surface area contributed by atoms with Crippen LogP contribution in [0.5, 0.6) is 0 Å². The standard InChI is InChI=1S/C26H22Cl2N4O/c1-17-6-11-24(20(28)14-17)32-13-12-31(16-25(32)18-7-9-19(27)10-8-18)26(33)23-15-29-21-4-2-3-5-22(21)30-23/h2-11,14-15,25H,12-13,16H2,1H3. The lowest BCUT2D eigenvalue weighted by atomic mass is 10.0. The van der Waals surface area contributed by atoms with Crippen LogP contribution < -0.4 is 4.90 Å². The molecule has 1 aromatic heterocycles. The van der Waals surface area contributed by atoms with Crippen LogP contribution in [-0.2, 0) is 0 Å². The molecular weight excluding hydrogens is 455 g/mol. The van der Waals surface area contributed by atoms with Crippen LogP contribution in [-0.4, -0.2) is 40.4 Å². The predicted octanol–water partition coefficient (Wildman–Crippen LogP) is 5.95. The van der Waals surface area contributed by atoms with Gasteiger partial charge in [-0.3, -0.25) is 9.78 Å². The lowest BCUT2D eigenvalue weighted by molar-refractivity contribution is 0.0716. The fourth-order valence-electron chi connectivity index (χ4n) is 4.29. The molecule has 2 heterocycles. The van der Waals surface area contributed by atoms with Crippen LogP contribution in [0.3, 0.4) is 0 Å². The van der Waals surface area contributed by atoms with Gasteiger partial charge in [-0.2, -0.15) is 0 Å². The van der Waals surface area contributed by atoms with Crippen LogP contribution in [0.25, 0.3) is 11.0 Å². The Kier molecular flexibility index (Phi) is 5.92. The van der Waals surface area contributed by atoms with Crippen molar-refractivity contribution in [3.8, 4) is 0 Å². The van der Waals surface area contributed by atoms with Crippen molar-refractivity contribution in [1.82, 2.24) is 14.9 Å². The Morgan fingerprint density at radius 1 is 0.970 bits per heavy atom. The lowest BCUT2D eigenvalue weighted by Gasteiger charge is -2.43. The molecule has 0 spiro atoms. The van der Waals surface area contributed by atoms with E-state index in [2.05, 4.69) is 20.9 Å². The van der Waals surface area contributed by atoms with Crippen LogP contribution in [0.15, 0.2) is 72.9 Å². The van der Waals surface area contributed by atoms with Gasteiger partial charge < -0.3 is 9.80 Å². The number of benzene rings is 3. The number of para-hydroxylation sites is 2. The number of carbonyl (C=O) groups excluding carboxylic acids is 1. The number of carbonyl (C=O) groups is 1. The van der Waals surface area contributed by atoms with Crippen LogP contribution in [0.4, 0.5) is 5.69 Å². The Bertz CT molecular complexity index is 1330. The van der Waals surface area contributed by atoms with Gasteiger partial charge in [-0.25, -0.2) is 4.98 Å². The first-order valence-corrected chi connectivity index (χ1v) is 11.5. The van der Waals surface area contributed by atoms with Crippen LogP contribution in [0, 0.1) is 6.92 Å². The van der Waals surface area contributed by atoms with E-state index in [1.54, 1.807) is 6.20 Å². The lowest BCUT2D eigenvalue weighted by Crippen LogP contribution is -2.51. The Hall–Kier alpha value is -3.15. The molecule has 0 saturated carbocycles. The van der Waals surface area contributed by atoms with Crippen LogP contribution in [0.2, 0.25) is 10.0 Å². The SMILES string of the molecule is Cc1ccc(N2CCN(C(=O)c3cnc4ccccc4n3)CC2c2ccc(Cl)cc2)c(Cl)c1. The molecule has 166 valence electrons. The summed E-state index contributed by atoms with van der Waals surface area (Å²) in [4.78, 5) is 26.5. The molecule has 1 fully saturated rings. The number of halogens is 2. The topological polar surface area (TPSA) is 49.3 Å². The minimum absolute atomic E-state index is 0.0754. The quantitative estimate of drug-likeness (QED) is 0.366. The molecule has 33 heavy (non-hydrogen) atoms. The van der Waals surface area contributed by atoms with Crippen molar-refractivity contribution in [3.63, 3.8) is 0 Å². The Balaban J connectivity index is 1.48. The highest BCUT2D eigenvalue weighted by Gasteiger charge is 2.32. The zero-order valence-corrected chi connectivity index (χ0v) is 19.6. The number of aryl methyl sites for hydroxylation is 1. The summed E-state index contributed by atoms with van der Waals surface area (Å²) in [6, 6.07) is 21.3. The highest BCUT2D eigenvalue weighted by molar-refractivity contribution is 6.33. The van der Waals surface area contributed by atoms with E-state index in [0.717, 1.165) is 22.3 Å². The summed E-state index contributed by atoms with van der Waals surface area (Å²) in [5, 5.41) is 1.38. The van der Waals surface area contributed by atoms with E-state index >= 15 is 0 Å².